The van der Waals surface area contributed by atoms with Crippen molar-refractivity contribution in [3.05, 3.63) is 23.0 Å². The van der Waals surface area contributed by atoms with Gasteiger partial charge in [0, 0.05) is 12.6 Å². The van der Waals surface area contributed by atoms with Gasteiger partial charge in [-0.25, -0.2) is 0 Å². The average Bonchev–Trinajstić information content (AvgIpc) is 2.32. The van der Waals surface area contributed by atoms with Gasteiger partial charge in [0.2, 0.25) is 0 Å². The van der Waals surface area contributed by atoms with Crippen LogP contribution in [0.15, 0.2) is 12.1 Å². The Hall–Kier alpha value is -0.670. The molecule has 0 saturated heterocycles. The van der Waals surface area contributed by atoms with Gasteiger partial charge in [-0.1, -0.05) is 31.4 Å². The van der Waals surface area contributed by atoms with Gasteiger partial charge in [-0.3, -0.25) is 4.90 Å². The summed E-state index contributed by atoms with van der Waals surface area (Å²) in [6.07, 6.45) is 5.39. The number of hydrogen-bond donors (Lipinski definition) is 0. The van der Waals surface area contributed by atoms with Gasteiger partial charge >= 0.3 is 0 Å². The van der Waals surface area contributed by atoms with Crippen LogP contribution in [0.5, 0.6) is 0 Å². The first-order valence-electron chi connectivity index (χ1n) is 6.35. The van der Waals surface area contributed by atoms with E-state index in [1.54, 1.807) is 0 Å². The van der Waals surface area contributed by atoms with Crippen molar-refractivity contribution in [1.82, 2.24) is 15.1 Å². The molecule has 0 bridgehead atoms. The van der Waals surface area contributed by atoms with E-state index in [4.69, 9.17) is 11.6 Å². The minimum atomic E-state index is 0.461. The molecule has 4 heteroatoms. The fourth-order valence-electron chi connectivity index (χ4n) is 2.75. The highest BCUT2D eigenvalue weighted by Crippen LogP contribution is 2.27. The Kier molecular flexibility index (Phi) is 4.35. The smallest absolute Gasteiger partial charge is 0.151 e. The maximum Gasteiger partial charge on any atom is 0.151 e. The van der Waals surface area contributed by atoms with Gasteiger partial charge < -0.3 is 0 Å². The fraction of sp³-hybridized carbons (Fsp3) is 0.692. The van der Waals surface area contributed by atoms with Crippen molar-refractivity contribution in [3.8, 4) is 0 Å². The summed E-state index contributed by atoms with van der Waals surface area (Å²) in [6.45, 7) is 3.22. The van der Waals surface area contributed by atoms with Gasteiger partial charge in [0.1, 0.15) is 0 Å². The number of halogens is 1. The lowest BCUT2D eigenvalue weighted by molar-refractivity contribution is 0.131. The van der Waals surface area contributed by atoms with Crippen molar-refractivity contribution in [3.63, 3.8) is 0 Å². The summed E-state index contributed by atoms with van der Waals surface area (Å²) in [5, 5.41) is 8.46. The molecule has 0 amide bonds. The zero-order valence-electron chi connectivity index (χ0n) is 10.6. The Balaban J connectivity index is 1.95. The Morgan fingerprint density at radius 1 is 1.29 bits per heavy atom. The molecular formula is C13H20ClN3. The van der Waals surface area contributed by atoms with Crippen LogP contribution in [0.2, 0.25) is 5.15 Å². The maximum atomic E-state index is 5.73. The van der Waals surface area contributed by atoms with Crippen LogP contribution in [-0.2, 0) is 6.54 Å². The molecule has 0 radical (unpaired) electrons. The van der Waals surface area contributed by atoms with E-state index in [2.05, 4.69) is 29.1 Å². The lowest BCUT2D eigenvalue weighted by atomic mass is 9.85. The molecule has 2 rings (SSSR count). The molecule has 0 N–H and O–H groups in total. The molecule has 1 aromatic heterocycles. The molecule has 17 heavy (non-hydrogen) atoms. The largest absolute Gasteiger partial charge is 0.297 e. The van der Waals surface area contributed by atoms with Gasteiger partial charge in [0.15, 0.2) is 5.15 Å². The summed E-state index contributed by atoms with van der Waals surface area (Å²) < 4.78 is 0. The molecule has 1 saturated carbocycles. The SMILES string of the molecule is CC1CCCCC1N(C)Cc1ccc(Cl)nn1. The van der Waals surface area contributed by atoms with E-state index in [1.807, 2.05) is 12.1 Å². The number of rotatable bonds is 3. The van der Waals surface area contributed by atoms with Crippen molar-refractivity contribution >= 4 is 11.6 Å². The van der Waals surface area contributed by atoms with E-state index in [-0.39, 0.29) is 0 Å². The third kappa shape index (κ3) is 3.39. The summed E-state index contributed by atoms with van der Waals surface area (Å²) in [5.74, 6) is 0.786. The molecule has 3 nitrogen and oxygen atoms in total. The van der Waals surface area contributed by atoms with E-state index in [0.717, 1.165) is 18.2 Å². The number of hydrogen-bond acceptors (Lipinski definition) is 3. The Morgan fingerprint density at radius 3 is 2.71 bits per heavy atom. The van der Waals surface area contributed by atoms with E-state index in [0.29, 0.717) is 11.2 Å². The van der Waals surface area contributed by atoms with Crippen LogP contribution in [-0.4, -0.2) is 28.2 Å². The topological polar surface area (TPSA) is 29.0 Å². The van der Waals surface area contributed by atoms with E-state index in [9.17, 15) is 0 Å². The summed E-state index contributed by atoms with van der Waals surface area (Å²) in [6, 6.07) is 4.45. The summed E-state index contributed by atoms with van der Waals surface area (Å²) in [5.41, 5.74) is 0.995. The highest BCUT2D eigenvalue weighted by Gasteiger charge is 2.24. The molecule has 1 fully saturated rings. The first kappa shape index (κ1) is 12.8. The van der Waals surface area contributed by atoms with Crippen LogP contribution in [0.3, 0.4) is 0 Å². The van der Waals surface area contributed by atoms with E-state index >= 15 is 0 Å². The minimum absolute atomic E-state index is 0.461. The zero-order valence-corrected chi connectivity index (χ0v) is 11.3. The second-order valence-electron chi connectivity index (χ2n) is 5.09. The second kappa shape index (κ2) is 5.78. The van der Waals surface area contributed by atoms with Crippen LogP contribution in [0.4, 0.5) is 0 Å². The number of nitrogens with zero attached hydrogens (tertiary/aromatic N) is 3. The van der Waals surface area contributed by atoms with E-state index < -0.39 is 0 Å². The third-order valence-corrected chi connectivity index (χ3v) is 3.93. The van der Waals surface area contributed by atoms with Gasteiger partial charge in [-0.05, 0) is 37.9 Å². The van der Waals surface area contributed by atoms with Gasteiger partial charge in [0.25, 0.3) is 0 Å². The van der Waals surface area contributed by atoms with Gasteiger partial charge in [-0.2, -0.15) is 5.10 Å². The monoisotopic (exact) mass is 253 g/mol. The third-order valence-electron chi connectivity index (χ3n) is 3.73. The first-order valence-corrected chi connectivity index (χ1v) is 6.73. The Morgan fingerprint density at radius 2 is 2.06 bits per heavy atom. The van der Waals surface area contributed by atoms with Crippen LogP contribution in [0.1, 0.15) is 38.3 Å². The predicted molar refractivity (Wildman–Crippen MR) is 69.9 cm³/mol. The molecule has 0 aromatic carbocycles. The Labute approximate surface area is 108 Å². The molecule has 1 aliphatic carbocycles. The Bertz CT molecular complexity index is 352. The fourth-order valence-corrected chi connectivity index (χ4v) is 2.85. The first-order chi connectivity index (χ1) is 8.16. The van der Waals surface area contributed by atoms with Crippen LogP contribution in [0.25, 0.3) is 0 Å². The van der Waals surface area contributed by atoms with Crippen molar-refractivity contribution in [1.29, 1.82) is 0 Å². The van der Waals surface area contributed by atoms with E-state index in [1.165, 1.54) is 25.7 Å². The average molecular weight is 254 g/mol. The molecule has 1 heterocycles. The second-order valence-corrected chi connectivity index (χ2v) is 5.48. The number of aromatic nitrogens is 2. The van der Waals surface area contributed by atoms with Gasteiger partial charge in [0.05, 0.1) is 5.69 Å². The van der Waals surface area contributed by atoms with Gasteiger partial charge in [-0.15, -0.1) is 5.10 Å². The maximum absolute atomic E-state index is 5.73. The molecule has 94 valence electrons. The molecule has 0 aliphatic heterocycles. The summed E-state index contributed by atoms with van der Waals surface area (Å²) in [7, 11) is 2.18. The molecular weight excluding hydrogens is 234 g/mol. The normalized spacial score (nSPS) is 25.2. The van der Waals surface area contributed by atoms with Crippen molar-refractivity contribution < 1.29 is 0 Å². The highest BCUT2D eigenvalue weighted by atomic mass is 35.5. The summed E-state index contributed by atoms with van der Waals surface area (Å²) >= 11 is 5.73. The van der Waals surface area contributed by atoms with Crippen molar-refractivity contribution in [2.24, 2.45) is 5.92 Å². The van der Waals surface area contributed by atoms with Crippen molar-refractivity contribution in [2.75, 3.05) is 7.05 Å². The highest BCUT2D eigenvalue weighted by molar-refractivity contribution is 6.29. The predicted octanol–water partition coefficient (Wildman–Crippen LogP) is 3.14. The lowest BCUT2D eigenvalue weighted by Crippen LogP contribution is -2.38. The van der Waals surface area contributed by atoms with Crippen LogP contribution in [0, 0.1) is 5.92 Å². The molecule has 1 aliphatic rings. The van der Waals surface area contributed by atoms with Crippen molar-refractivity contribution in [2.45, 2.75) is 45.2 Å². The molecule has 1 aromatic rings. The summed E-state index contributed by atoms with van der Waals surface area (Å²) in [4.78, 5) is 2.40. The zero-order chi connectivity index (χ0) is 12.3. The molecule has 2 unspecified atom stereocenters. The lowest BCUT2D eigenvalue weighted by Gasteiger charge is -2.36. The van der Waals surface area contributed by atoms with Crippen LogP contribution < -0.4 is 0 Å². The minimum Gasteiger partial charge on any atom is -0.297 e. The molecule has 2 atom stereocenters. The molecule has 0 spiro atoms. The standard InChI is InChI=1S/C13H20ClN3/c1-10-5-3-4-6-12(10)17(2)9-11-7-8-13(14)16-15-11/h7-8,10,12H,3-6,9H2,1-2H3. The van der Waals surface area contributed by atoms with Crippen LogP contribution >= 0.6 is 11.6 Å². The quantitative estimate of drug-likeness (QED) is 0.829.